The van der Waals surface area contributed by atoms with Gasteiger partial charge in [-0.15, -0.1) is 0 Å². The molecule has 0 bridgehead atoms. The first-order chi connectivity index (χ1) is 12.3. The monoisotopic (exact) mass is 348 g/mol. The third kappa shape index (κ3) is 4.35. The van der Waals surface area contributed by atoms with Gasteiger partial charge in [0.2, 0.25) is 0 Å². The molecule has 126 valence electrons. The van der Waals surface area contributed by atoms with Crippen molar-refractivity contribution in [1.82, 2.24) is 0 Å². The lowest BCUT2D eigenvalue weighted by Crippen LogP contribution is -2.24. The predicted octanol–water partition coefficient (Wildman–Crippen LogP) is 3.55. The number of benzene rings is 3. The number of esters is 1. The lowest BCUT2D eigenvalue weighted by molar-refractivity contribution is -0.142. The lowest BCUT2D eigenvalue weighted by Gasteiger charge is -2.22. The molecule has 0 amide bonds. The van der Waals surface area contributed by atoms with Crippen LogP contribution in [0.5, 0.6) is 0 Å². The van der Waals surface area contributed by atoms with Crippen LogP contribution in [0.3, 0.4) is 0 Å². The summed E-state index contributed by atoms with van der Waals surface area (Å²) in [5.41, 5.74) is 1.04. The second-order valence-electron chi connectivity index (χ2n) is 5.62. The summed E-state index contributed by atoms with van der Waals surface area (Å²) in [6, 6.07) is 29.2. The molecule has 25 heavy (non-hydrogen) atoms. The van der Waals surface area contributed by atoms with E-state index in [1.54, 1.807) is 0 Å². The van der Waals surface area contributed by atoms with Crippen molar-refractivity contribution in [3.8, 4) is 0 Å². The molecule has 0 heterocycles. The Morgan fingerprint density at radius 3 is 1.88 bits per heavy atom. The SMILES string of the molecule is CCOC(=O)Cc1ccccc1P(c1ccccc1)c1ccccc1. The average Bonchev–Trinajstić information content (AvgIpc) is 2.65. The average molecular weight is 348 g/mol. The standard InChI is InChI=1S/C22H21O2P/c1-2-24-22(23)17-18-11-9-10-16-21(18)25(19-12-5-3-6-13-19)20-14-7-4-8-15-20/h3-16H,2,17H2,1H3. The minimum Gasteiger partial charge on any atom is -0.466 e. The first-order valence-corrected chi connectivity index (χ1v) is 9.77. The fourth-order valence-corrected chi connectivity index (χ4v) is 5.30. The number of hydrogen-bond donors (Lipinski definition) is 0. The molecule has 3 aromatic rings. The molecule has 0 aliphatic heterocycles. The lowest BCUT2D eigenvalue weighted by atomic mass is 10.1. The fourth-order valence-electron chi connectivity index (χ4n) is 2.83. The van der Waals surface area contributed by atoms with Crippen molar-refractivity contribution in [2.24, 2.45) is 0 Å². The maximum atomic E-state index is 12.0. The molecule has 0 fully saturated rings. The molecule has 2 nitrogen and oxygen atoms in total. The molecule has 0 radical (unpaired) electrons. The van der Waals surface area contributed by atoms with Gasteiger partial charge in [0.1, 0.15) is 0 Å². The van der Waals surface area contributed by atoms with E-state index >= 15 is 0 Å². The number of hydrogen-bond acceptors (Lipinski definition) is 2. The van der Waals surface area contributed by atoms with Crippen molar-refractivity contribution in [2.75, 3.05) is 6.61 Å². The number of carbonyl (C=O) groups excluding carboxylic acids is 1. The third-order valence-corrected chi connectivity index (χ3v) is 6.45. The summed E-state index contributed by atoms with van der Waals surface area (Å²) in [6.07, 6.45) is 0.308. The molecular formula is C22H21O2P. The molecule has 0 aromatic heterocycles. The van der Waals surface area contributed by atoms with E-state index in [1.165, 1.54) is 15.9 Å². The van der Waals surface area contributed by atoms with E-state index in [-0.39, 0.29) is 5.97 Å². The van der Waals surface area contributed by atoms with Gasteiger partial charge in [-0.3, -0.25) is 4.79 Å². The summed E-state index contributed by atoms with van der Waals surface area (Å²) in [5.74, 6) is -0.175. The van der Waals surface area contributed by atoms with Crippen molar-refractivity contribution < 1.29 is 9.53 Å². The first kappa shape index (κ1) is 17.4. The summed E-state index contributed by atoms with van der Waals surface area (Å²) in [7, 11) is -0.714. The molecule has 0 saturated carbocycles. The van der Waals surface area contributed by atoms with E-state index in [0.717, 1.165) is 5.56 Å². The molecule has 3 rings (SSSR count). The third-order valence-electron chi connectivity index (χ3n) is 3.90. The molecule has 0 saturated heterocycles. The Morgan fingerprint density at radius 2 is 1.32 bits per heavy atom. The maximum absolute atomic E-state index is 12.0. The van der Waals surface area contributed by atoms with Gasteiger partial charge < -0.3 is 4.74 Å². The molecule has 0 aliphatic rings. The van der Waals surface area contributed by atoms with E-state index in [4.69, 9.17) is 4.74 Å². The van der Waals surface area contributed by atoms with Crippen LogP contribution in [0.4, 0.5) is 0 Å². The zero-order valence-corrected chi connectivity index (χ0v) is 15.2. The van der Waals surface area contributed by atoms with Gasteiger partial charge >= 0.3 is 5.97 Å². The number of carbonyl (C=O) groups is 1. The van der Waals surface area contributed by atoms with Gasteiger partial charge in [0.15, 0.2) is 0 Å². The molecule has 0 aliphatic carbocycles. The van der Waals surface area contributed by atoms with E-state index in [0.29, 0.717) is 13.0 Å². The van der Waals surface area contributed by atoms with Gasteiger partial charge in [-0.1, -0.05) is 84.9 Å². The van der Waals surface area contributed by atoms with E-state index < -0.39 is 7.92 Å². The Hall–Kier alpha value is -2.44. The van der Waals surface area contributed by atoms with Gasteiger partial charge in [0, 0.05) is 0 Å². The van der Waals surface area contributed by atoms with Crippen LogP contribution in [0.1, 0.15) is 12.5 Å². The maximum Gasteiger partial charge on any atom is 0.310 e. The minimum atomic E-state index is -0.714. The zero-order valence-electron chi connectivity index (χ0n) is 14.3. The van der Waals surface area contributed by atoms with Crippen molar-refractivity contribution >= 4 is 29.8 Å². The largest absolute Gasteiger partial charge is 0.466 e. The zero-order chi connectivity index (χ0) is 17.5. The molecule has 0 spiro atoms. The Bertz CT molecular complexity index is 776. The van der Waals surface area contributed by atoms with Crippen molar-refractivity contribution in [2.45, 2.75) is 13.3 Å². The van der Waals surface area contributed by atoms with E-state index in [9.17, 15) is 4.79 Å². The van der Waals surface area contributed by atoms with Crippen LogP contribution in [-0.2, 0) is 16.0 Å². The predicted molar refractivity (Wildman–Crippen MR) is 105 cm³/mol. The van der Waals surface area contributed by atoms with Crippen molar-refractivity contribution in [3.05, 3.63) is 90.5 Å². The summed E-state index contributed by atoms with van der Waals surface area (Å²) in [4.78, 5) is 12.0. The highest BCUT2D eigenvalue weighted by atomic mass is 31.1. The fraction of sp³-hybridized carbons (Fsp3) is 0.136. The molecule has 0 unspecified atom stereocenters. The molecule has 3 heteroatoms. The Morgan fingerprint density at radius 1 is 0.800 bits per heavy atom. The Balaban J connectivity index is 2.07. The van der Waals surface area contributed by atoms with Crippen LogP contribution in [0.2, 0.25) is 0 Å². The summed E-state index contributed by atoms with van der Waals surface area (Å²) in [5, 5.41) is 3.77. The highest BCUT2D eigenvalue weighted by Gasteiger charge is 2.20. The van der Waals surface area contributed by atoms with Crippen LogP contribution in [0, 0.1) is 0 Å². The molecule has 3 aromatic carbocycles. The van der Waals surface area contributed by atoms with Gasteiger partial charge in [0.05, 0.1) is 13.0 Å². The Labute approximate surface area is 150 Å². The van der Waals surface area contributed by atoms with E-state index in [2.05, 4.69) is 54.6 Å². The van der Waals surface area contributed by atoms with Gasteiger partial charge in [-0.05, 0) is 36.3 Å². The van der Waals surface area contributed by atoms with Crippen molar-refractivity contribution in [1.29, 1.82) is 0 Å². The normalized spacial score (nSPS) is 10.6. The number of ether oxygens (including phenoxy) is 1. The molecule has 0 N–H and O–H groups in total. The number of rotatable bonds is 6. The quantitative estimate of drug-likeness (QED) is 0.503. The van der Waals surface area contributed by atoms with Crippen LogP contribution in [0.25, 0.3) is 0 Å². The van der Waals surface area contributed by atoms with Crippen LogP contribution in [0.15, 0.2) is 84.9 Å². The van der Waals surface area contributed by atoms with Crippen LogP contribution in [-0.4, -0.2) is 12.6 Å². The topological polar surface area (TPSA) is 26.3 Å². The van der Waals surface area contributed by atoms with Crippen molar-refractivity contribution in [3.63, 3.8) is 0 Å². The smallest absolute Gasteiger partial charge is 0.310 e. The minimum absolute atomic E-state index is 0.175. The summed E-state index contributed by atoms with van der Waals surface area (Å²) < 4.78 is 5.16. The van der Waals surface area contributed by atoms with E-state index in [1.807, 2.05) is 37.3 Å². The first-order valence-electron chi connectivity index (χ1n) is 8.43. The summed E-state index contributed by atoms with van der Waals surface area (Å²) >= 11 is 0. The second kappa shape index (κ2) is 8.60. The summed E-state index contributed by atoms with van der Waals surface area (Å²) in [6.45, 7) is 2.25. The van der Waals surface area contributed by atoms with Crippen LogP contribution < -0.4 is 15.9 Å². The second-order valence-corrected chi connectivity index (χ2v) is 7.80. The van der Waals surface area contributed by atoms with Gasteiger partial charge in [0.25, 0.3) is 0 Å². The molecular weight excluding hydrogens is 327 g/mol. The highest BCUT2D eigenvalue weighted by molar-refractivity contribution is 7.79. The Kier molecular flexibility index (Phi) is 5.98. The van der Waals surface area contributed by atoms with Gasteiger partial charge in [-0.2, -0.15) is 0 Å². The highest BCUT2D eigenvalue weighted by Crippen LogP contribution is 2.34. The molecule has 0 atom stereocenters. The van der Waals surface area contributed by atoms with Gasteiger partial charge in [-0.25, -0.2) is 0 Å². The van der Waals surface area contributed by atoms with Crippen LogP contribution >= 0.6 is 7.92 Å².